The maximum absolute atomic E-state index is 11.3. The highest BCUT2D eigenvalue weighted by Gasteiger charge is 2.17. The zero-order valence-electron chi connectivity index (χ0n) is 9.06. The summed E-state index contributed by atoms with van der Waals surface area (Å²) in [7, 11) is 0. The number of hydrogen-bond acceptors (Lipinski definition) is 2. The van der Waals surface area contributed by atoms with Crippen LogP contribution in [0.1, 0.15) is 39.5 Å². The van der Waals surface area contributed by atoms with E-state index in [1.54, 1.807) is 0 Å². The van der Waals surface area contributed by atoms with Crippen molar-refractivity contribution in [1.82, 2.24) is 0 Å². The van der Waals surface area contributed by atoms with Crippen molar-refractivity contribution in [1.29, 1.82) is 0 Å². The SMILES string of the molecule is C=C(C)CCOC1=C(C)C(=O)CCC1. The standard InChI is InChI=1S/C12H18O2/c1-9(2)7-8-14-12-6-4-5-11(13)10(12)3/h1,4-8H2,2-3H3. The third kappa shape index (κ3) is 3.02. The molecule has 0 aromatic rings. The summed E-state index contributed by atoms with van der Waals surface area (Å²) in [5.74, 6) is 1.13. The molecule has 0 saturated heterocycles. The van der Waals surface area contributed by atoms with Crippen LogP contribution in [0.5, 0.6) is 0 Å². The largest absolute Gasteiger partial charge is 0.497 e. The highest BCUT2D eigenvalue weighted by molar-refractivity contribution is 5.95. The van der Waals surface area contributed by atoms with Crippen LogP contribution in [0.15, 0.2) is 23.5 Å². The van der Waals surface area contributed by atoms with Gasteiger partial charge in [-0.25, -0.2) is 0 Å². The lowest BCUT2D eigenvalue weighted by molar-refractivity contribution is -0.116. The molecule has 0 aliphatic heterocycles. The van der Waals surface area contributed by atoms with Gasteiger partial charge in [0.05, 0.1) is 6.61 Å². The lowest BCUT2D eigenvalue weighted by atomic mass is 9.98. The molecular weight excluding hydrogens is 176 g/mol. The van der Waals surface area contributed by atoms with Gasteiger partial charge in [0.15, 0.2) is 5.78 Å². The van der Waals surface area contributed by atoms with Crippen molar-refractivity contribution in [2.75, 3.05) is 6.61 Å². The smallest absolute Gasteiger partial charge is 0.161 e. The topological polar surface area (TPSA) is 26.3 Å². The van der Waals surface area contributed by atoms with Crippen molar-refractivity contribution >= 4 is 5.78 Å². The van der Waals surface area contributed by atoms with E-state index in [4.69, 9.17) is 4.74 Å². The maximum atomic E-state index is 11.3. The van der Waals surface area contributed by atoms with Gasteiger partial charge in [-0.05, 0) is 20.3 Å². The summed E-state index contributed by atoms with van der Waals surface area (Å²) in [6.45, 7) is 8.30. The number of rotatable bonds is 4. The molecule has 1 rings (SSSR count). The van der Waals surface area contributed by atoms with Crippen molar-refractivity contribution in [3.05, 3.63) is 23.5 Å². The molecule has 0 bridgehead atoms. The molecule has 0 aromatic heterocycles. The number of ether oxygens (including phenoxy) is 1. The van der Waals surface area contributed by atoms with Gasteiger partial charge in [0.25, 0.3) is 0 Å². The van der Waals surface area contributed by atoms with Gasteiger partial charge in [-0.3, -0.25) is 4.79 Å². The summed E-state index contributed by atoms with van der Waals surface area (Å²) >= 11 is 0. The lowest BCUT2D eigenvalue weighted by Gasteiger charge is -2.17. The first-order chi connectivity index (χ1) is 6.61. The van der Waals surface area contributed by atoms with E-state index < -0.39 is 0 Å². The minimum absolute atomic E-state index is 0.238. The number of ketones is 1. The minimum Gasteiger partial charge on any atom is -0.497 e. The second-order valence-corrected chi connectivity index (χ2v) is 3.88. The van der Waals surface area contributed by atoms with Crippen LogP contribution in [-0.4, -0.2) is 12.4 Å². The average molecular weight is 194 g/mol. The predicted octanol–water partition coefficient (Wildman–Crippen LogP) is 3.00. The fourth-order valence-electron chi connectivity index (χ4n) is 1.47. The van der Waals surface area contributed by atoms with Gasteiger partial charge in [-0.15, -0.1) is 6.58 Å². The maximum Gasteiger partial charge on any atom is 0.161 e. The zero-order chi connectivity index (χ0) is 10.6. The second kappa shape index (κ2) is 4.99. The summed E-state index contributed by atoms with van der Waals surface area (Å²) in [5, 5.41) is 0. The molecule has 1 aliphatic rings. The highest BCUT2D eigenvalue weighted by atomic mass is 16.5. The fourth-order valence-corrected chi connectivity index (χ4v) is 1.47. The summed E-state index contributed by atoms with van der Waals surface area (Å²) in [5.41, 5.74) is 1.93. The summed E-state index contributed by atoms with van der Waals surface area (Å²) in [4.78, 5) is 11.3. The summed E-state index contributed by atoms with van der Waals surface area (Å²) < 4.78 is 5.57. The van der Waals surface area contributed by atoms with E-state index in [1.165, 1.54) is 0 Å². The van der Waals surface area contributed by atoms with E-state index in [0.29, 0.717) is 13.0 Å². The van der Waals surface area contributed by atoms with Gasteiger partial charge in [-0.2, -0.15) is 0 Å². The van der Waals surface area contributed by atoms with E-state index in [9.17, 15) is 4.79 Å². The van der Waals surface area contributed by atoms with Crippen LogP contribution in [0.2, 0.25) is 0 Å². The van der Waals surface area contributed by atoms with Gasteiger partial charge in [-0.1, -0.05) is 5.57 Å². The molecule has 0 fully saturated rings. The average Bonchev–Trinajstić information content (AvgIpc) is 2.12. The molecule has 0 heterocycles. The van der Waals surface area contributed by atoms with Crippen molar-refractivity contribution in [2.45, 2.75) is 39.5 Å². The van der Waals surface area contributed by atoms with Gasteiger partial charge in [0.2, 0.25) is 0 Å². The fraction of sp³-hybridized carbons (Fsp3) is 0.583. The number of Topliss-reactive ketones (excluding diaryl/α,β-unsaturated/α-hetero) is 1. The monoisotopic (exact) mass is 194 g/mol. The number of allylic oxidation sites excluding steroid dienone is 2. The van der Waals surface area contributed by atoms with Crippen LogP contribution in [0.4, 0.5) is 0 Å². The zero-order valence-corrected chi connectivity index (χ0v) is 9.06. The Hall–Kier alpha value is -1.05. The van der Waals surface area contributed by atoms with Crippen LogP contribution in [-0.2, 0) is 9.53 Å². The lowest BCUT2D eigenvalue weighted by Crippen LogP contribution is -2.11. The molecule has 0 unspecified atom stereocenters. The molecule has 0 aromatic carbocycles. The molecule has 1 aliphatic carbocycles. The van der Waals surface area contributed by atoms with Crippen LogP contribution < -0.4 is 0 Å². The third-order valence-corrected chi connectivity index (χ3v) is 2.45. The number of carbonyl (C=O) groups is 1. The second-order valence-electron chi connectivity index (χ2n) is 3.88. The molecule has 2 nitrogen and oxygen atoms in total. The molecule has 0 amide bonds. The van der Waals surface area contributed by atoms with E-state index in [2.05, 4.69) is 6.58 Å². The van der Waals surface area contributed by atoms with Crippen LogP contribution >= 0.6 is 0 Å². The van der Waals surface area contributed by atoms with E-state index in [0.717, 1.165) is 36.2 Å². The Balaban J connectivity index is 2.46. The molecule has 0 N–H and O–H groups in total. The van der Waals surface area contributed by atoms with Crippen molar-refractivity contribution in [2.24, 2.45) is 0 Å². The van der Waals surface area contributed by atoms with E-state index in [-0.39, 0.29) is 5.78 Å². The highest BCUT2D eigenvalue weighted by Crippen LogP contribution is 2.22. The normalized spacial score (nSPS) is 17.1. The molecule has 0 atom stereocenters. The molecule has 14 heavy (non-hydrogen) atoms. The Bertz CT molecular complexity index is 274. The Morgan fingerprint density at radius 1 is 1.50 bits per heavy atom. The Labute approximate surface area is 85.6 Å². The molecular formula is C12H18O2. The predicted molar refractivity (Wildman–Crippen MR) is 56.9 cm³/mol. The van der Waals surface area contributed by atoms with Gasteiger partial charge < -0.3 is 4.74 Å². The first-order valence-corrected chi connectivity index (χ1v) is 5.11. The van der Waals surface area contributed by atoms with E-state index >= 15 is 0 Å². The minimum atomic E-state index is 0.238. The van der Waals surface area contributed by atoms with Crippen LogP contribution in [0, 0.1) is 0 Å². The van der Waals surface area contributed by atoms with Crippen molar-refractivity contribution in [3.8, 4) is 0 Å². The Kier molecular flexibility index (Phi) is 3.93. The molecule has 2 heteroatoms. The quantitative estimate of drug-likeness (QED) is 0.643. The number of carbonyl (C=O) groups excluding carboxylic acids is 1. The van der Waals surface area contributed by atoms with Gasteiger partial charge >= 0.3 is 0 Å². The van der Waals surface area contributed by atoms with Crippen LogP contribution in [0.3, 0.4) is 0 Å². The number of hydrogen-bond donors (Lipinski definition) is 0. The first kappa shape index (κ1) is 11.0. The molecule has 0 saturated carbocycles. The summed E-state index contributed by atoms with van der Waals surface area (Å²) in [6.07, 6.45) is 3.39. The van der Waals surface area contributed by atoms with Gasteiger partial charge in [0, 0.05) is 24.8 Å². The summed E-state index contributed by atoms with van der Waals surface area (Å²) in [6, 6.07) is 0. The Morgan fingerprint density at radius 2 is 2.21 bits per heavy atom. The van der Waals surface area contributed by atoms with Crippen molar-refractivity contribution < 1.29 is 9.53 Å². The first-order valence-electron chi connectivity index (χ1n) is 5.11. The Morgan fingerprint density at radius 3 is 2.86 bits per heavy atom. The van der Waals surface area contributed by atoms with Gasteiger partial charge in [0.1, 0.15) is 5.76 Å². The van der Waals surface area contributed by atoms with E-state index in [1.807, 2.05) is 13.8 Å². The van der Waals surface area contributed by atoms with Crippen LogP contribution in [0.25, 0.3) is 0 Å². The molecule has 0 spiro atoms. The third-order valence-electron chi connectivity index (χ3n) is 2.45. The van der Waals surface area contributed by atoms with Crippen molar-refractivity contribution in [3.63, 3.8) is 0 Å². The molecule has 78 valence electrons. The molecule has 0 radical (unpaired) electrons.